The van der Waals surface area contributed by atoms with Crippen LogP contribution in [0.2, 0.25) is 5.02 Å². The molecule has 0 aliphatic carbocycles. The fraction of sp³-hybridized carbons (Fsp3) is 0.188. The molecule has 3 rings (SSSR count). The van der Waals surface area contributed by atoms with Crippen molar-refractivity contribution in [2.24, 2.45) is 0 Å². The minimum absolute atomic E-state index is 0.637. The zero-order valence-corrected chi connectivity index (χ0v) is 12.1. The maximum atomic E-state index is 6.33. The van der Waals surface area contributed by atoms with Crippen LogP contribution in [0.5, 0.6) is 0 Å². The van der Waals surface area contributed by atoms with E-state index in [0.717, 1.165) is 35.4 Å². The van der Waals surface area contributed by atoms with Crippen molar-refractivity contribution in [3.8, 4) is 11.4 Å². The highest BCUT2D eigenvalue weighted by molar-refractivity contribution is 6.33. The van der Waals surface area contributed by atoms with Gasteiger partial charge in [0.15, 0.2) is 0 Å². The molecule has 1 aromatic heterocycles. The molecule has 0 aliphatic rings. The third-order valence-corrected chi connectivity index (χ3v) is 3.65. The van der Waals surface area contributed by atoms with Gasteiger partial charge in [-0.05, 0) is 36.8 Å². The molecular formula is C16H16ClN3. The van der Waals surface area contributed by atoms with Gasteiger partial charge in [-0.15, -0.1) is 0 Å². The fourth-order valence-corrected chi connectivity index (χ4v) is 2.72. The molecule has 0 spiro atoms. The molecule has 0 atom stereocenters. The lowest BCUT2D eigenvalue weighted by molar-refractivity contribution is 0.704. The maximum absolute atomic E-state index is 6.33. The number of nitrogen functional groups attached to an aromatic ring is 1. The van der Waals surface area contributed by atoms with Crippen molar-refractivity contribution in [2.75, 3.05) is 5.73 Å². The highest BCUT2D eigenvalue weighted by atomic mass is 35.5. The summed E-state index contributed by atoms with van der Waals surface area (Å²) in [5.41, 5.74) is 9.48. The molecule has 4 heteroatoms. The molecule has 2 aromatic carbocycles. The first-order valence-corrected chi connectivity index (χ1v) is 7.09. The number of hydrogen-bond donors (Lipinski definition) is 1. The van der Waals surface area contributed by atoms with E-state index in [9.17, 15) is 0 Å². The Labute approximate surface area is 123 Å². The first kappa shape index (κ1) is 13.0. The van der Waals surface area contributed by atoms with Gasteiger partial charge in [0.1, 0.15) is 5.82 Å². The summed E-state index contributed by atoms with van der Waals surface area (Å²) in [6, 6.07) is 13.7. The van der Waals surface area contributed by atoms with Gasteiger partial charge < -0.3 is 10.3 Å². The largest absolute Gasteiger partial charge is 0.399 e. The molecule has 3 aromatic rings. The Morgan fingerprint density at radius 3 is 2.75 bits per heavy atom. The molecule has 0 aliphatic heterocycles. The SMILES string of the molecule is CCCn1c(-c2ccc(N)cc2Cl)nc2ccccc21. The number of rotatable bonds is 3. The lowest BCUT2D eigenvalue weighted by atomic mass is 10.2. The van der Waals surface area contributed by atoms with Crippen molar-refractivity contribution in [3.63, 3.8) is 0 Å². The predicted octanol–water partition coefficient (Wildman–Crippen LogP) is 4.35. The maximum Gasteiger partial charge on any atom is 0.142 e. The van der Waals surface area contributed by atoms with Crippen LogP contribution in [0.25, 0.3) is 22.4 Å². The number of nitrogens with zero attached hydrogens (tertiary/aromatic N) is 2. The molecular weight excluding hydrogens is 270 g/mol. The van der Waals surface area contributed by atoms with Crippen molar-refractivity contribution < 1.29 is 0 Å². The second kappa shape index (κ2) is 5.17. The smallest absolute Gasteiger partial charge is 0.142 e. The average Bonchev–Trinajstić information content (AvgIpc) is 2.78. The highest BCUT2D eigenvalue weighted by Crippen LogP contribution is 2.31. The molecule has 0 radical (unpaired) electrons. The van der Waals surface area contributed by atoms with Crippen LogP contribution in [0, 0.1) is 0 Å². The minimum atomic E-state index is 0.637. The minimum Gasteiger partial charge on any atom is -0.399 e. The standard InChI is InChI=1S/C16H16ClN3/c1-2-9-20-15-6-4-3-5-14(15)19-16(20)12-8-7-11(18)10-13(12)17/h3-8,10H,2,9,18H2,1H3. The Kier molecular flexibility index (Phi) is 3.36. The topological polar surface area (TPSA) is 43.8 Å². The molecule has 0 saturated heterocycles. The van der Waals surface area contributed by atoms with E-state index in [1.165, 1.54) is 0 Å². The monoisotopic (exact) mass is 285 g/mol. The summed E-state index contributed by atoms with van der Waals surface area (Å²) >= 11 is 6.33. The van der Waals surface area contributed by atoms with Gasteiger partial charge in [0.05, 0.1) is 16.1 Å². The van der Waals surface area contributed by atoms with Crippen molar-refractivity contribution in [1.29, 1.82) is 0 Å². The van der Waals surface area contributed by atoms with Crippen molar-refractivity contribution in [2.45, 2.75) is 19.9 Å². The van der Waals surface area contributed by atoms with Gasteiger partial charge in [-0.2, -0.15) is 0 Å². The average molecular weight is 286 g/mol. The number of halogens is 1. The summed E-state index contributed by atoms with van der Waals surface area (Å²) in [7, 11) is 0. The Morgan fingerprint density at radius 1 is 1.20 bits per heavy atom. The zero-order valence-electron chi connectivity index (χ0n) is 11.3. The Hall–Kier alpha value is -2.00. The molecule has 20 heavy (non-hydrogen) atoms. The summed E-state index contributed by atoms with van der Waals surface area (Å²) in [4.78, 5) is 4.73. The number of aromatic nitrogens is 2. The van der Waals surface area contributed by atoms with E-state index in [-0.39, 0.29) is 0 Å². The van der Waals surface area contributed by atoms with Gasteiger partial charge in [0.2, 0.25) is 0 Å². The summed E-state index contributed by atoms with van der Waals surface area (Å²) in [5.74, 6) is 0.901. The number of aryl methyl sites for hydroxylation is 1. The van der Waals surface area contributed by atoms with Gasteiger partial charge in [0.25, 0.3) is 0 Å². The molecule has 102 valence electrons. The number of fused-ring (bicyclic) bond motifs is 1. The lowest BCUT2D eigenvalue weighted by Gasteiger charge is -2.09. The van der Waals surface area contributed by atoms with Crippen LogP contribution in [-0.4, -0.2) is 9.55 Å². The normalized spacial score (nSPS) is 11.1. The van der Waals surface area contributed by atoms with Gasteiger partial charge >= 0.3 is 0 Å². The third kappa shape index (κ3) is 2.14. The number of anilines is 1. The molecule has 0 bridgehead atoms. The van der Waals surface area contributed by atoms with E-state index < -0.39 is 0 Å². The first-order chi connectivity index (χ1) is 9.70. The van der Waals surface area contributed by atoms with Gasteiger partial charge in [-0.25, -0.2) is 4.98 Å². The molecule has 0 unspecified atom stereocenters. The van der Waals surface area contributed by atoms with Gasteiger partial charge in [-0.3, -0.25) is 0 Å². The van der Waals surface area contributed by atoms with Crippen LogP contribution >= 0.6 is 11.6 Å². The van der Waals surface area contributed by atoms with Crippen LogP contribution in [0.3, 0.4) is 0 Å². The fourth-order valence-electron chi connectivity index (χ4n) is 2.44. The Bertz CT molecular complexity index is 762. The zero-order chi connectivity index (χ0) is 14.1. The molecule has 0 saturated carbocycles. The van der Waals surface area contributed by atoms with E-state index in [0.29, 0.717) is 10.7 Å². The van der Waals surface area contributed by atoms with Crippen LogP contribution in [-0.2, 0) is 6.54 Å². The first-order valence-electron chi connectivity index (χ1n) is 6.71. The van der Waals surface area contributed by atoms with Gasteiger partial charge in [0, 0.05) is 17.8 Å². The second-order valence-electron chi connectivity index (χ2n) is 4.82. The summed E-state index contributed by atoms with van der Waals surface area (Å²) in [5, 5.41) is 0.637. The van der Waals surface area contributed by atoms with Crippen LogP contribution in [0.15, 0.2) is 42.5 Å². The van der Waals surface area contributed by atoms with Crippen molar-refractivity contribution >= 4 is 28.3 Å². The van der Waals surface area contributed by atoms with E-state index in [1.54, 1.807) is 6.07 Å². The summed E-state index contributed by atoms with van der Waals surface area (Å²) < 4.78 is 2.22. The quantitative estimate of drug-likeness (QED) is 0.727. The molecule has 3 nitrogen and oxygen atoms in total. The van der Waals surface area contributed by atoms with Crippen LogP contribution < -0.4 is 5.73 Å². The van der Waals surface area contributed by atoms with E-state index >= 15 is 0 Å². The van der Waals surface area contributed by atoms with E-state index in [4.69, 9.17) is 22.3 Å². The number of nitrogens with two attached hydrogens (primary N) is 1. The van der Waals surface area contributed by atoms with Crippen LogP contribution in [0.4, 0.5) is 5.69 Å². The lowest BCUT2D eigenvalue weighted by Crippen LogP contribution is -2.00. The van der Waals surface area contributed by atoms with Gasteiger partial charge in [-0.1, -0.05) is 30.7 Å². The van der Waals surface area contributed by atoms with E-state index in [2.05, 4.69) is 17.6 Å². The number of hydrogen-bond acceptors (Lipinski definition) is 2. The molecule has 0 amide bonds. The Morgan fingerprint density at radius 2 is 2.00 bits per heavy atom. The highest BCUT2D eigenvalue weighted by Gasteiger charge is 2.14. The molecule has 1 heterocycles. The molecule has 0 fully saturated rings. The third-order valence-electron chi connectivity index (χ3n) is 3.34. The Balaban J connectivity index is 2.26. The number of imidazole rings is 1. The number of benzene rings is 2. The van der Waals surface area contributed by atoms with E-state index in [1.807, 2.05) is 30.3 Å². The number of para-hydroxylation sites is 2. The van der Waals surface area contributed by atoms with Crippen LogP contribution in [0.1, 0.15) is 13.3 Å². The van der Waals surface area contributed by atoms with Crippen molar-refractivity contribution in [3.05, 3.63) is 47.5 Å². The predicted molar refractivity (Wildman–Crippen MR) is 84.9 cm³/mol. The van der Waals surface area contributed by atoms with Crippen molar-refractivity contribution in [1.82, 2.24) is 9.55 Å². The molecule has 2 N–H and O–H groups in total. The second-order valence-corrected chi connectivity index (χ2v) is 5.22. The summed E-state index contributed by atoms with van der Waals surface area (Å²) in [6.07, 6.45) is 1.04. The summed E-state index contributed by atoms with van der Waals surface area (Å²) in [6.45, 7) is 3.07.